The summed E-state index contributed by atoms with van der Waals surface area (Å²) in [6, 6.07) is 42.9. The van der Waals surface area contributed by atoms with Gasteiger partial charge in [0.2, 0.25) is 5.95 Å². The number of benzene rings is 5. The number of hydrogen-bond donors (Lipinski definition) is 0. The number of aromatic nitrogens is 3. The Kier molecular flexibility index (Phi) is 4.69. The SMILES string of the molecule is c1cc(-c2cccc3ccccc23)cc(-c2nc(-n3c4ccccc4c4ccccc43)nc3ccsc23)c1. The molecular weight excluding hydrogens is 482 g/mol. The zero-order chi connectivity index (χ0) is 25.1. The first kappa shape index (κ1) is 21.3. The Balaban J connectivity index is 1.38. The second-order valence-electron chi connectivity index (χ2n) is 9.48. The van der Waals surface area contributed by atoms with Gasteiger partial charge in [-0.1, -0.05) is 97.1 Å². The fourth-order valence-corrected chi connectivity index (χ4v) is 6.44. The molecule has 0 N–H and O–H groups in total. The fourth-order valence-electron chi connectivity index (χ4n) is 5.60. The Bertz CT molecular complexity index is 2090. The van der Waals surface area contributed by atoms with Crippen molar-refractivity contribution in [2.75, 3.05) is 0 Å². The van der Waals surface area contributed by atoms with E-state index in [2.05, 4.69) is 131 Å². The van der Waals surface area contributed by atoms with Gasteiger partial charge in [-0.2, -0.15) is 0 Å². The van der Waals surface area contributed by atoms with Crippen molar-refractivity contribution in [2.24, 2.45) is 0 Å². The minimum Gasteiger partial charge on any atom is -0.278 e. The molecule has 0 bridgehead atoms. The van der Waals surface area contributed by atoms with Crippen LogP contribution < -0.4 is 0 Å². The summed E-state index contributed by atoms with van der Waals surface area (Å²) >= 11 is 1.69. The number of rotatable bonds is 3. The van der Waals surface area contributed by atoms with Crippen LogP contribution in [0, 0.1) is 0 Å². The van der Waals surface area contributed by atoms with Crippen LogP contribution in [0.1, 0.15) is 0 Å². The summed E-state index contributed by atoms with van der Waals surface area (Å²) in [5.74, 6) is 0.693. The highest BCUT2D eigenvalue weighted by molar-refractivity contribution is 7.17. The Labute approximate surface area is 223 Å². The van der Waals surface area contributed by atoms with Gasteiger partial charge in [-0.05, 0) is 51.5 Å². The third-order valence-corrected chi connectivity index (χ3v) is 8.22. The minimum atomic E-state index is 0.693. The lowest BCUT2D eigenvalue weighted by Crippen LogP contribution is -2.02. The summed E-state index contributed by atoms with van der Waals surface area (Å²) in [5.41, 5.74) is 7.64. The highest BCUT2D eigenvalue weighted by atomic mass is 32.1. The maximum atomic E-state index is 5.25. The van der Waals surface area contributed by atoms with E-state index < -0.39 is 0 Å². The zero-order valence-corrected chi connectivity index (χ0v) is 21.2. The monoisotopic (exact) mass is 503 g/mol. The predicted octanol–water partition coefficient (Wildman–Crippen LogP) is 9.28. The van der Waals surface area contributed by atoms with Crippen LogP contribution in [0.3, 0.4) is 0 Å². The minimum absolute atomic E-state index is 0.693. The van der Waals surface area contributed by atoms with Crippen molar-refractivity contribution in [3.05, 3.63) is 127 Å². The van der Waals surface area contributed by atoms with Crippen LogP contribution >= 0.6 is 11.3 Å². The molecule has 178 valence electrons. The van der Waals surface area contributed by atoms with Crippen molar-refractivity contribution in [1.82, 2.24) is 14.5 Å². The lowest BCUT2D eigenvalue weighted by Gasteiger charge is -2.12. The molecule has 3 aromatic heterocycles. The van der Waals surface area contributed by atoms with Gasteiger partial charge in [-0.25, -0.2) is 9.97 Å². The number of para-hydroxylation sites is 2. The van der Waals surface area contributed by atoms with E-state index in [-0.39, 0.29) is 0 Å². The Morgan fingerprint density at radius 3 is 2.03 bits per heavy atom. The molecule has 0 saturated carbocycles. The van der Waals surface area contributed by atoms with E-state index in [0.717, 1.165) is 32.5 Å². The van der Waals surface area contributed by atoms with Crippen LogP contribution in [0.15, 0.2) is 127 Å². The van der Waals surface area contributed by atoms with Gasteiger partial charge in [0.05, 0.1) is 26.9 Å². The number of hydrogen-bond acceptors (Lipinski definition) is 3. The molecule has 4 heteroatoms. The molecule has 0 atom stereocenters. The van der Waals surface area contributed by atoms with E-state index in [0.29, 0.717) is 5.95 Å². The second kappa shape index (κ2) is 8.37. The highest BCUT2D eigenvalue weighted by Gasteiger charge is 2.18. The largest absolute Gasteiger partial charge is 0.278 e. The molecule has 0 aliphatic carbocycles. The van der Waals surface area contributed by atoms with E-state index in [9.17, 15) is 0 Å². The molecule has 3 nitrogen and oxygen atoms in total. The zero-order valence-electron chi connectivity index (χ0n) is 20.4. The van der Waals surface area contributed by atoms with Gasteiger partial charge < -0.3 is 0 Å². The van der Waals surface area contributed by atoms with Gasteiger partial charge in [-0.15, -0.1) is 11.3 Å². The van der Waals surface area contributed by atoms with Crippen molar-refractivity contribution in [3.8, 4) is 28.3 Å². The maximum Gasteiger partial charge on any atom is 0.235 e. The van der Waals surface area contributed by atoms with Crippen LogP contribution in [0.4, 0.5) is 0 Å². The fraction of sp³-hybridized carbons (Fsp3) is 0. The van der Waals surface area contributed by atoms with Crippen molar-refractivity contribution in [2.45, 2.75) is 0 Å². The van der Waals surface area contributed by atoms with E-state index in [1.165, 1.54) is 32.7 Å². The molecule has 0 aliphatic rings. The third kappa shape index (κ3) is 3.21. The highest BCUT2D eigenvalue weighted by Crippen LogP contribution is 2.37. The van der Waals surface area contributed by atoms with E-state index in [1.54, 1.807) is 11.3 Å². The molecule has 8 rings (SSSR count). The van der Waals surface area contributed by atoms with Crippen molar-refractivity contribution in [1.29, 1.82) is 0 Å². The lowest BCUT2D eigenvalue weighted by atomic mass is 9.96. The van der Waals surface area contributed by atoms with E-state index >= 15 is 0 Å². The molecule has 0 radical (unpaired) electrons. The first-order valence-electron chi connectivity index (χ1n) is 12.7. The molecule has 8 aromatic rings. The summed E-state index contributed by atoms with van der Waals surface area (Å²) in [6.45, 7) is 0. The van der Waals surface area contributed by atoms with Crippen LogP contribution in [0.5, 0.6) is 0 Å². The molecule has 0 fully saturated rings. The quantitative estimate of drug-likeness (QED) is 0.240. The summed E-state index contributed by atoms with van der Waals surface area (Å²) in [7, 11) is 0. The first-order valence-corrected chi connectivity index (χ1v) is 13.6. The smallest absolute Gasteiger partial charge is 0.235 e. The standard InChI is InChI=1S/C34H21N3S/c1-2-13-25-22(9-1)10-8-16-26(25)23-11-7-12-24(21-23)32-33-29(19-20-38-33)35-34(36-32)37-30-17-5-3-14-27(30)28-15-4-6-18-31(28)37/h1-21H. The molecule has 0 unspecified atom stereocenters. The molecule has 0 aliphatic heterocycles. The summed E-state index contributed by atoms with van der Waals surface area (Å²) in [5, 5.41) is 7.01. The average Bonchev–Trinajstić information content (AvgIpc) is 3.59. The number of fused-ring (bicyclic) bond motifs is 5. The van der Waals surface area contributed by atoms with Crippen LogP contribution in [-0.4, -0.2) is 14.5 Å². The van der Waals surface area contributed by atoms with E-state index in [4.69, 9.17) is 9.97 Å². The van der Waals surface area contributed by atoms with Crippen molar-refractivity contribution < 1.29 is 0 Å². The van der Waals surface area contributed by atoms with Crippen LogP contribution in [0.25, 0.3) is 71.1 Å². The van der Waals surface area contributed by atoms with Gasteiger partial charge in [-0.3, -0.25) is 4.57 Å². The molecule has 38 heavy (non-hydrogen) atoms. The third-order valence-electron chi connectivity index (χ3n) is 7.31. The van der Waals surface area contributed by atoms with Gasteiger partial charge >= 0.3 is 0 Å². The van der Waals surface area contributed by atoms with E-state index in [1.807, 2.05) is 0 Å². The van der Waals surface area contributed by atoms with Gasteiger partial charge in [0.25, 0.3) is 0 Å². The van der Waals surface area contributed by atoms with Crippen LogP contribution in [-0.2, 0) is 0 Å². The number of thiophene rings is 1. The normalized spacial score (nSPS) is 11.7. The molecule has 0 spiro atoms. The van der Waals surface area contributed by atoms with Gasteiger partial charge in [0, 0.05) is 16.3 Å². The summed E-state index contributed by atoms with van der Waals surface area (Å²) < 4.78 is 3.30. The van der Waals surface area contributed by atoms with Gasteiger partial charge in [0.1, 0.15) is 0 Å². The Hall–Kier alpha value is -4.80. The molecule has 0 amide bonds. The second-order valence-corrected chi connectivity index (χ2v) is 10.4. The maximum absolute atomic E-state index is 5.25. The lowest BCUT2D eigenvalue weighted by molar-refractivity contribution is 1.02. The summed E-state index contributed by atoms with van der Waals surface area (Å²) in [6.07, 6.45) is 0. The summed E-state index contributed by atoms with van der Waals surface area (Å²) in [4.78, 5) is 10.3. The molecule has 5 aromatic carbocycles. The van der Waals surface area contributed by atoms with Crippen molar-refractivity contribution in [3.63, 3.8) is 0 Å². The topological polar surface area (TPSA) is 30.7 Å². The van der Waals surface area contributed by atoms with Crippen molar-refractivity contribution >= 4 is 54.1 Å². The molecule has 0 saturated heterocycles. The first-order chi connectivity index (χ1) is 18.8. The Morgan fingerprint density at radius 2 is 1.21 bits per heavy atom. The average molecular weight is 504 g/mol. The molecule has 3 heterocycles. The van der Waals surface area contributed by atoms with Crippen LogP contribution in [0.2, 0.25) is 0 Å². The number of nitrogens with zero attached hydrogens (tertiary/aromatic N) is 3. The molecular formula is C34H21N3S. The Morgan fingerprint density at radius 1 is 0.553 bits per heavy atom. The predicted molar refractivity (Wildman–Crippen MR) is 160 cm³/mol. The van der Waals surface area contributed by atoms with Gasteiger partial charge in [0.15, 0.2) is 0 Å².